The van der Waals surface area contributed by atoms with Crippen molar-refractivity contribution in [3.05, 3.63) is 29.3 Å². The van der Waals surface area contributed by atoms with Crippen LogP contribution < -0.4 is 5.32 Å². The molecule has 5 heteroatoms. The number of hydrogen-bond acceptors (Lipinski definition) is 3. The standard InChI is InChI=1S/C16H25ClN2OS/c1-4-19(12-16(20)18-13(2)3)10-7-11-21-15-9-6-5-8-14(15)17/h5-6,8-9,13H,4,7,10-12H2,1-3H3,(H,18,20). The molecule has 0 atom stereocenters. The summed E-state index contributed by atoms with van der Waals surface area (Å²) in [6, 6.07) is 8.10. The van der Waals surface area contributed by atoms with Crippen molar-refractivity contribution in [1.29, 1.82) is 0 Å². The first kappa shape index (κ1) is 18.3. The lowest BCUT2D eigenvalue weighted by atomic mass is 10.3. The molecule has 1 aromatic carbocycles. The zero-order valence-electron chi connectivity index (χ0n) is 13.1. The average Bonchev–Trinajstić information content (AvgIpc) is 2.43. The van der Waals surface area contributed by atoms with Gasteiger partial charge in [-0.25, -0.2) is 0 Å². The number of likely N-dealkylation sites (N-methyl/N-ethyl adjacent to an activating group) is 1. The number of benzene rings is 1. The third kappa shape index (κ3) is 7.74. The van der Waals surface area contributed by atoms with Crippen LogP contribution >= 0.6 is 23.4 Å². The van der Waals surface area contributed by atoms with Crippen molar-refractivity contribution >= 4 is 29.3 Å². The summed E-state index contributed by atoms with van der Waals surface area (Å²) in [7, 11) is 0. The van der Waals surface area contributed by atoms with Crippen LogP contribution in [0, 0.1) is 0 Å². The first-order valence-electron chi connectivity index (χ1n) is 7.42. The van der Waals surface area contributed by atoms with Gasteiger partial charge in [0.1, 0.15) is 0 Å². The maximum absolute atomic E-state index is 11.7. The SMILES string of the molecule is CCN(CCCSc1ccccc1Cl)CC(=O)NC(C)C. The van der Waals surface area contributed by atoms with E-state index >= 15 is 0 Å². The molecule has 21 heavy (non-hydrogen) atoms. The van der Waals surface area contributed by atoms with Crippen LogP contribution in [0.2, 0.25) is 5.02 Å². The maximum Gasteiger partial charge on any atom is 0.234 e. The fourth-order valence-electron chi connectivity index (χ4n) is 1.95. The number of nitrogens with zero attached hydrogens (tertiary/aromatic N) is 1. The molecule has 0 spiro atoms. The average molecular weight is 329 g/mol. The Morgan fingerprint density at radius 3 is 2.71 bits per heavy atom. The van der Waals surface area contributed by atoms with Gasteiger partial charge in [0.05, 0.1) is 11.6 Å². The van der Waals surface area contributed by atoms with E-state index in [1.807, 2.05) is 38.1 Å². The smallest absolute Gasteiger partial charge is 0.234 e. The minimum Gasteiger partial charge on any atom is -0.353 e. The number of thioether (sulfide) groups is 1. The summed E-state index contributed by atoms with van der Waals surface area (Å²) in [6.45, 7) is 8.35. The summed E-state index contributed by atoms with van der Waals surface area (Å²) in [5, 5.41) is 3.74. The maximum atomic E-state index is 11.7. The van der Waals surface area contributed by atoms with Crippen LogP contribution in [0.25, 0.3) is 0 Å². The lowest BCUT2D eigenvalue weighted by Gasteiger charge is -2.20. The third-order valence-corrected chi connectivity index (χ3v) is 4.58. The molecule has 1 rings (SSSR count). The van der Waals surface area contributed by atoms with E-state index in [2.05, 4.69) is 17.1 Å². The summed E-state index contributed by atoms with van der Waals surface area (Å²) in [6.07, 6.45) is 1.04. The highest BCUT2D eigenvalue weighted by Crippen LogP contribution is 2.26. The monoisotopic (exact) mass is 328 g/mol. The summed E-state index contributed by atoms with van der Waals surface area (Å²) in [5.74, 6) is 1.11. The van der Waals surface area contributed by atoms with Crippen LogP contribution in [0.3, 0.4) is 0 Å². The minimum atomic E-state index is 0.102. The molecular formula is C16H25ClN2OS. The molecule has 118 valence electrons. The second-order valence-electron chi connectivity index (χ2n) is 5.22. The molecule has 0 aliphatic heterocycles. The highest BCUT2D eigenvalue weighted by Gasteiger charge is 2.09. The highest BCUT2D eigenvalue weighted by molar-refractivity contribution is 7.99. The molecule has 0 aromatic heterocycles. The van der Waals surface area contributed by atoms with Crippen molar-refractivity contribution in [3.63, 3.8) is 0 Å². The molecule has 0 aliphatic rings. The van der Waals surface area contributed by atoms with E-state index in [0.29, 0.717) is 6.54 Å². The Morgan fingerprint density at radius 1 is 1.38 bits per heavy atom. The number of carbonyl (C=O) groups excluding carboxylic acids is 1. The van der Waals surface area contributed by atoms with Gasteiger partial charge in [-0.3, -0.25) is 9.69 Å². The van der Waals surface area contributed by atoms with Gasteiger partial charge < -0.3 is 5.32 Å². The molecule has 0 saturated heterocycles. The van der Waals surface area contributed by atoms with Crippen molar-refractivity contribution in [2.75, 3.05) is 25.4 Å². The molecule has 1 aromatic rings. The van der Waals surface area contributed by atoms with Crippen LogP contribution in [0.15, 0.2) is 29.2 Å². The molecule has 1 amide bonds. The van der Waals surface area contributed by atoms with E-state index < -0.39 is 0 Å². The summed E-state index contributed by atoms with van der Waals surface area (Å²) >= 11 is 7.90. The molecule has 3 nitrogen and oxygen atoms in total. The highest BCUT2D eigenvalue weighted by atomic mass is 35.5. The fourth-order valence-corrected chi connectivity index (χ4v) is 3.13. The Balaban J connectivity index is 2.26. The first-order chi connectivity index (χ1) is 10.0. The molecule has 0 heterocycles. The van der Waals surface area contributed by atoms with E-state index in [0.717, 1.165) is 35.2 Å². The van der Waals surface area contributed by atoms with E-state index in [9.17, 15) is 4.79 Å². The Kier molecular flexibility index (Phi) is 8.81. The molecule has 0 unspecified atom stereocenters. The van der Waals surface area contributed by atoms with Gasteiger partial charge >= 0.3 is 0 Å². The Morgan fingerprint density at radius 2 is 2.10 bits per heavy atom. The van der Waals surface area contributed by atoms with Gasteiger partial charge in [0.25, 0.3) is 0 Å². The van der Waals surface area contributed by atoms with Crippen molar-refractivity contribution in [1.82, 2.24) is 10.2 Å². The lowest BCUT2D eigenvalue weighted by Crippen LogP contribution is -2.40. The first-order valence-corrected chi connectivity index (χ1v) is 8.78. The van der Waals surface area contributed by atoms with Gasteiger partial charge in [-0.05, 0) is 51.2 Å². The van der Waals surface area contributed by atoms with Gasteiger partial charge in [-0.2, -0.15) is 0 Å². The van der Waals surface area contributed by atoms with Gasteiger partial charge in [0.2, 0.25) is 5.91 Å². The van der Waals surface area contributed by atoms with Crippen LogP contribution in [-0.4, -0.2) is 42.2 Å². The van der Waals surface area contributed by atoms with Gasteiger partial charge in [-0.1, -0.05) is 30.7 Å². The molecule has 0 bridgehead atoms. The molecular weight excluding hydrogens is 304 g/mol. The van der Waals surface area contributed by atoms with E-state index in [1.165, 1.54) is 0 Å². The largest absolute Gasteiger partial charge is 0.353 e. The fraction of sp³-hybridized carbons (Fsp3) is 0.562. The normalized spacial score (nSPS) is 11.1. The van der Waals surface area contributed by atoms with Crippen LogP contribution in [0.5, 0.6) is 0 Å². The predicted molar refractivity (Wildman–Crippen MR) is 92.2 cm³/mol. The Hall–Kier alpha value is -0.710. The molecule has 0 aliphatic carbocycles. The van der Waals surface area contributed by atoms with E-state index in [1.54, 1.807) is 11.8 Å². The number of carbonyl (C=O) groups is 1. The van der Waals surface area contributed by atoms with Crippen molar-refractivity contribution in [3.8, 4) is 0 Å². The number of rotatable bonds is 9. The predicted octanol–water partition coefficient (Wildman–Crippen LogP) is 3.67. The summed E-state index contributed by atoms with van der Waals surface area (Å²) in [5.41, 5.74) is 0. The number of hydrogen-bond donors (Lipinski definition) is 1. The molecule has 0 fully saturated rings. The van der Waals surface area contributed by atoms with Crippen molar-refractivity contribution in [2.45, 2.75) is 38.1 Å². The topological polar surface area (TPSA) is 32.3 Å². The Bertz CT molecular complexity index is 440. The number of halogens is 1. The molecule has 1 N–H and O–H groups in total. The van der Waals surface area contributed by atoms with Crippen molar-refractivity contribution in [2.24, 2.45) is 0 Å². The molecule has 0 radical (unpaired) electrons. The second-order valence-corrected chi connectivity index (χ2v) is 6.77. The van der Waals surface area contributed by atoms with E-state index in [-0.39, 0.29) is 11.9 Å². The summed E-state index contributed by atoms with van der Waals surface area (Å²) < 4.78 is 0. The van der Waals surface area contributed by atoms with Gasteiger partial charge in [0.15, 0.2) is 0 Å². The number of nitrogens with one attached hydrogen (secondary N) is 1. The number of amides is 1. The quantitative estimate of drug-likeness (QED) is 0.554. The zero-order valence-corrected chi connectivity index (χ0v) is 14.6. The summed E-state index contributed by atoms with van der Waals surface area (Å²) in [4.78, 5) is 15.0. The molecule has 0 saturated carbocycles. The van der Waals surface area contributed by atoms with Gasteiger partial charge in [-0.15, -0.1) is 11.8 Å². The third-order valence-electron chi connectivity index (χ3n) is 2.98. The minimum absolute atomic E-state index is 0.102. The second kappa shape index (κ2) is 10.1. The van der Waals surface area contributed by atoms with Crippen LogP contribution in [0.4, 0.5) is 0 Å². The van der Waals surface area contributed by atoms with E-state index in [4.69, 9.17) is 11.6 Å². The zero-order chi connectivity index (χ0) is 15.7. The van der Waals surface area contributed by atoms with Crippen molar-refractivity contribution < 1.29 is 4.79 Å². The van der Waals surface area contributed by atoms with Gasteiger partial charge in [0, 0.05) is 10.9 Å². The lowest BCUT2D eigenvalue weighted by molar-refractivity contribution is -0.122. The Labute approximate surface area is 137 Å². The van der Waals surface area contributed by atoms with Crippen LogP contribution in [0.1, 0.15) is 27.2 Å². The van der Waals surface area contributed by atoms with Crippen LogP contribution in [-0.2, 0) is 4.79 Å².